The zero-order chi connectivity index (χ0) is 22.8. The first-order valence-electron chi connectivity index (χ1n) is 12.8. The molecule has 0 heterocycles. The molecule has 3 aliphatic rings. The number of carbonyl (C=O) groups excluding carboxylic acids is 1. The second-order valence-corrected chi connectivity index (χ2v) is 11.3. The summed E-state index contributed by atoms with van der Waals surface area (Å²) in [5, 5.41) is 7.66. The van der Waals surface area contributed by atoms with Gasteiger partial charge in [0.05, 0.1) is 5.41 Å². The fourth-order valence-electron chi connectivity index (χ4n) is 5.12. The molecule has 0 saturated heterocycles. The Morgan fingerprint density at radius 2 is 1.75 bits per heavy atom. The molecule has 3 aliphatic carbocycles. The second kappa shape index (κ2) is 9.69. The third-order valence-corrected chi connectivity index (χ3v) is 7.42. The normalized spacial score (nSPS) is 29.4. The fourth-order valence-corrected chi connectivity index (χ4v) is 5.12. The molecule has 4 nitrogen and oxygen atoms in total. The van der Waals surface area contributed by atoms with E-state index in [2.05, 4.69) is 54.0 Å². The van der Waals surface area contributed by atoms with Crippen molar-refractivity contribution in [3.05, 3.63) is 41.5 Å². The van der Waals surface area contributed by atoms with Gasteiger partial charge < -0.3 is 15.4 Å². The molecule has 3 fully saturated rings. The van der Waals surface area contributed by atoms with E-state index in [1.807, 2.05) is 20.8 Å². The van der Waals surface area contributed by atoms with Crippen LogP contribution in [0, 0.1) is 11.3 Å². The average molecular weight is 439 g/mol. The van der Waals surface area contributed by atoms with Gasteiger partial charge in [-0.05, 0) is 83.6 Å². The van der Waals surface area contributed by atoms with Gasteiger partial charge >= 0.3 is 5.97 Å². The molecule has 3 saturated carbocycles. The molecule has 0 amide bonds. The molecule has 32 heavy (non-hydrogen) atoms. The summed E-state index contributed by atoms with van der Waals surface area (Å²) in [5.41, 5.74) is 2.25. The molecule has 2 unspecified atom stereocenters. The van der Waals surface area contributed by atoms with Crippen LogP contribution in [0.2, 0.25) is 0 Å². The predicted octanol–water partition coefficient (Wildman–Crippen LogP) is 5.48. The van der Waals surface area contributed by atoms with Gasteiger partial charge in [0.2, 0.25) is 0 Å². The van der Waals surface area contributed by atoms with E-state index in [0.29, 0.717) is 24.0 Å². The summed E-state index contributed by atoms with van der Waals surface area (Å²) in [7, 11) is 0. The van der Waals surface area contributed by atoms with Crippen molar-refractivity contribution in [2.75, 3.05) is 6.54 Å². The maximum absolute atomic E-state index is 12.5. The maximum atomic E-state index is 12.5. The number of ether oxygens (including phenoxy) is 1. The van der Waals surface area contributed by atoms with Crippen LogP contribution < -0.4 is 10.6 Å². The molecule has 0 aromatic heterocycles. The largest absolute Gasteiger partial charge is 0.460 e. The Morgan fingerprint density at radius 3 is 2.34 bits per heavy atom. The van der Waals surface area contributed by atoms with Gasteiger partial charge in [0.15, 0.2) is 0 Å². The lowest BCUT2D eigenvalue weighted by Crippen LogP contribution is -2.44. The zero-order valence-corrected chi connectivity index (χ0v) is 20.5. The van der Waals surface area contributed by atoms with Crippen LogP contribution >= 0.6 is 0 Å². The van der Waals surface area contributed by atoms with Gasteiger partial charge in [-0.15, -0.1) is 0 Å². The van der Waals surface area contributed by atoms with Crippen LogP contribution in [0.4, 0.5) is 0 Å². The Kier molecular flexibility index (Phi) is 7.11. The molecular formula is C28H42N2O2. The smallest absolute Gasteiger partial charge is 0.313 e. The van der Waals surface area contributed by atoms with Gasteiger partial charge in [-0.3, -0.25) is 4.79 Å². The van der Waals surface area contributed by atoms with Crippen molar-refractivity contribution in [3.8, 4) is 0 Å². The highest BCUT2D eigenvalue weighted by Crippen LogP contribution is 2.47. The molecule has 2 N–H and O–H groups in total. The number of hydrogen-bond acceptors (Lipinski definition) is 4. The third-order valence-electron chi connectivity index (χ3n) is 7.42. The number of esters is 1. The van der Waals surface area contributed by atoms with Crippen LogP contribution in [-0.4, -0.2) is 36.2 Å². The van der Waals surface area contributed by atoms with E-state index in [-0.39, 0.29) is 11.4 Å². The zero-order valence-electron chi connectivity index (χ0n) is 20.5. The van der Waals surface area contributed by atoms with Gasteiger partial charge in [0, 0.05) is 24.7 Å². The van der Waals surface area contributed by atoms with Crippen molar-refractivity contribution >= 4 is 12.0 Å². The first kappa shape index (κ1) is 23.5. The highest BCUT2D eigenvalue weighted by Gasteiger charge is 2.52. The van der Waals surface area contributed by atoms with E-state index in [4.69, 9.17) is 4.74 Å². The molecule has 4 heteroatoms. The minimum absolute atomic E-state index is 0.0112. The van der Waals surface area contributed by atoms with E-state index < -0.39 is 5.60 Å². The van der Waals surface area contributed by atoms with E-state index >= 15 is 0 Å². The first-order valence-corrected chi connectivity index (χ1v) is 12.8. The van der Waals surface area contributed by atoms with Crippen molar-refractivity contribution in [1.29, 1.82) is 0 Å². The van der Waals surface area contributed by atoms with Crippen molar-refractivity contribution < 1.29 is 9.53 Å². The Balaban J connectivity index is 1.18. The van der Waals surface area contributed by atoms with Crippen LogP contribution in [0.25, 0.3) is 6.08 Å². The Labute approximate surface area is 194 Å². The Morgan fingerprint density at radius 1 is 1.09 bits per heavy atom. The number of nitrogens with one attached hydrogen (secondary N) is 2. The lowest BCUT2D eigenvalue weighted by molar-refractivity contribution is -0.161. The Bertz CT molecular complexity index is 798. The number of carbonyl (C=O) groups is 1. The second-order valence-electron chi connectivity index (χ2n) is 11.3. The SMILES string of the molecule is CCC(=Cc1ccccc1)C1CC1NC1CCC(NCC2(C(=O)OC(C)(C)C)CC2)CC1. The van der Waals surface area contributed by atoms with Gasteiger partial charge in [0.1, 0.15) is 5.60 Å². The van der Waals surface area contributed by atoms with Crippen LogP contribution in [0.5, 0.6) is 0 Å². The van der Waals surface area contributed by atoms with Crippen LogP contribution in [0.3, 0.4) is 0 Å². The van der Waals surface area contributed by atoms with Crippen molar-refractivity contribution in [3.63, 3.8) is 0 Å². The number of benzene rings is 1. The van der Waals surface area contributed by atoms with E-state index in [9.17, 15) is 4.79 Å². The molecule has 0 radical (unpaired) electrons. The topological polar surface area (TPSA) is 50.4 Å². The third kappa shape index (κ3) is 6.23. The summed E-state index contributed by atoms with van der Waals surface area (Å²) in [6, 6.07) is 12.5. The molecular weight excluding hydrogens is 396 g/mol. The number of hydrogen-bond donors (Lipinski definition) is 2. The summed E-state index contributed by atoms with van der Waals surface area (Å²) in [4.78, 5) is 12.5. The average Bonchev–Trinajstić information content (AvgIpc) is 3.68. The summed E-state index contributed by atoms with van der Waals surface area (Å²) in [6.07, 6.45) is 11.6. The van der Waals surface area contributed by atoms with Crippen LogP contribution in [-0.2, 0) is 9.53 Å². The Hall–Kier alpha value is -1.65. The maximum Gasteiger partial charge on any atom is 0.313 e. The lowest BCUT2D eigenvalue weighted by atomic mass is 9.90. The summed E-state index contributed by atoms with van der Waals surface area (Å²) >= 11 is 0. The summed E-state index contributed by atoms with van der Waals surface area (Å²) in [6.45, 7) is 8.92. The van der Waals surface area contributed by atoms with E-state index in [0.717, 1.165) is 25.8 Å². The molecule has 1 aromatic rings. The monoisotopic (exact) mass is 438 g/mol. The molecule has 0 aliphatic heterocycles. The van der Waals surface area contributed by atoms with Gasteiger partial charge in [-0.1, -0.05) is 48.9 Å². The lowest BCUT2D eigenvalue weighted by Gasteiger charge is -2.31. The van der Waals surface area contributed by atoms with Crippen molar-refractivity contribution in [1.82, 2.24) is 10.6 Å². The summed E-state index contributed by atoms with van der Waals surface area (Å²) < 4.78 is 5.66. The molecule has 0 bridgehead atoms. The highest BCUT2D eigenvalue weighted by molar-refractivity contribution is 5.80. The predicted molar refractivity (Wildman–Crippen MR) is 131 cm³/mol. The van der Waals surface area contributed by atoms with Gasteiger partial charge in [-0.25, -0.2) is 0 Å². The van der Waals surface area contributed by atoms with Gasteiger partial charge in [0.25, 0.3) is 0 Å². The standard InChI is InChI=1S/C28H42N2O2/c1-5-21(17-20-9-7-6-8-10-20)24-18-25(24)30-23-13-11-22(12-14-23)29-19-28(15-16-28)26(31)32-27(2,3)4/h6-10,17,22-25,29-30H,5,11-16,18-19H2,1-4H3. The fraction of sp³-hybridized carbons (Fsp3) is 0.679. The molecule has 4 rings (SSSR count). The van der Waals surface area contributed by atoms with E-state index in [1.54, 1.807) is 5.57 Å². The van der Waals surface area contributed by atoms with Crippen LogP contribution in [0.1, 0.15) is 84.6 Å². The first-order chi connectivity index (χ1) is 15.3. The van der Waals surface area contributed by atoms with Gasteiger partial charge in [-0.2, -0.15) is 0 Å². The van der Waals surface area contributed by atoms with Crippen molar-refractivity contribution in [2.24, 2.45) is 11.3 Å². The number of rotatable bonds is 9. The quantitative estimate of drug-likeness (QED) is 0.501. The molecule has 1 aromatic carbocycles. The van der Waals surface area contributed by atoms with Crippen LogP contribution in [0.15, 0.2) is 35.9 Å². The van der Waals surface area contributed by atoms with E-state index in [1.165, 1.54) is 37.7 Å². The molecule has 0 spiro atoms. The minimum atomic E-state index is -0.398. The summed E-state index contributed by atoms with van der Waals surface area (Å²) in [5.74, 6) is 0.697. The minimum Gasteiger partial charge on any atom is -0.460 e. The highest BCUT2D eigenvalue weighted by atomic mass is 16.6. The molecule has 176 valence electrons. The van der Waals surface area contributed by atoms with Crippen molar-refractivity contribution in [2.45, 2.75) is 103 Å². The molecule has 2 atom stereocenters.